The molecular formula is C13H11N3O3. The van der Waals surface area contributed by atoms with Gasteiger partial charge in [0.25, 0.3) is 5.91 Å². The highest BCUT2D eigenvalue weighted by Gasteiger charge is 2.10. The van der Waals surface area contributed by atoms with Crippen LogP contribution in [-0.4, -0.2) is 27.8 Å². The number of carbonyl (C=O) groups excluding carboxylic acids is 1. The van der Waals surface area contributed by atoms with E-state index in [2.05, 4.69) is 31.8 Å². The molecule has 0 saturated heterocycles. The van der Waals surface area contributed by atoms with Crippen LogP contribution in [-0.2, 0) is 6.54 Å². The molecule has 0 saturated carbocycles. The lowest BCUT2D eigenvalue weighted by Gasteiger charge is -2.04. The molecule has 6 heteroatoms. The molecule has 0 bridgehead atoms. The third-order valence-electron chi connectivity index (χ3n) is 2.29. The Kier molecular flexibility index (Phi) is 4.26. The molecule has 0 aliphatic rings. The van der Waals surface area contributed by atoms with Gasteiger partial charge in [-0.05, 0) is 12.1 Å². The monoisotopic (exact) mass is 257 g/mol. The summed E-state index contributed by atoms with van der Waals surface area (Å²) in [5, 5.41) is 14.9. The van der Waals surface area contributed by atoms with E-state index in [1.807, 2.05) is 0 Å². The summed E-state index contributed by atoms with van der Waals surface area (Å²) in [4.78, 5) is 15.8. The molecule has 1 heterocycles. The van der Waals surface area contributed by atoms with Gasteiger partial charge in [0, 0.05) is 5.56 Å². The Morgan fingerprint density at radius 2 is 2.26 bits per heavy atom. The maximum Gasteiger partial charge on any atom is 0.252 e. The Hall–Kier alpha value is -2.65. The van der Waals surface area contributed by atoms with Gasteiger partial charge in [-0.2, -0.15) is 4.98 Å². The van der Waals surface area contributed by atoms with Crippen molar-refractivity contribution in [2.75, 3.05) is 6.61 Å². The van der Waals surface area contributed by atoms with Crippen molar-refractivity contribution >= 4 is 5.91 Å². The van der Waals surface area contributed by atoms with Gasteiger partial charge in [0.15, 0.2) is 5.82 Å². The minimum Gasteiger partial charge on any atom is -0.384 e. The van der Waals surface area contributed by atoms with Crippen molar-refractivity contribution in [2.24, 2.45) is 0 Å². The van der Waals surface area contributed by atoms with Crippen LogP contribution in [0.4, 0.5) is 0 Å². The molecule has 0 fully saturated rings. The Morgan fingerprint density at radius 3 is 3.00 bits per heavy atom. The lowest BCUT2D eigenvalue weighted by molar-refractivity contribution is 0.0949. The van der Waals surface area contributed by atoms with E-state index in [1.165, 1.54) is 6.39 Å². The van der Waals surface area contributed by atoms with Crippen molar-refractivity contribution in [1.82, 2.24) is 15.5 Å². The van der Waals surface area contributed by atoms with E-state index in [4.69, 9.17) is 5.11 Å². The summed E-state index contributed by atoms with van der Waals surface area (Å²) in [5.74, 6) is 5.35. The number of hydrogen-bond acceptors (Lipinski definition) is 5. The number of carbonyl (C=O) groups is 1. The fourth-order valence-corrected chi connectivity index (χ4v) is 1.45. The molecule has 1 aromatic carbocycles. The zero-order valence-corrected chi connectivity index (χ0v) is 9.96. The summed E-state index contributed by atoms with van der Waals surface area (Å²) in [5.41, 5.74) is 0.995. The molecule has 0 unspecified atom stereocenters. The van der Waals surface area contributed by atoms with Crippen LogP contribution in [0.1, 0.15) is 21.7 Å². The number of nitrogens with zero attached hydrogens (tertiary/aromatic N) is 2. The molecule has 0 aliphatic heterocycles. The van der Waals surface area contributed by atoms with Crippen LogP contribution in [0.3, 0.4) is 0 Å². The van der Waals surface area contributed by atoms with Gasteiger partial charge < -0.3 is 14.9 Å². The van der Waals surface area contributed by atoms with Crippen LogP contribution in [0.15, 0.2) is 35.2 Å². The highest BCUT2D eigenvalue weighted by molar-refractivity contribution is 5.96. The molecule has 2 N–H and O–H groups in total. The van der Waals surface area contributed by atoms with Crippen LogP contribution in [0.2, 0.25) is 0 Å². The third-order valence-corrected chi connectivity index (χ3v) is 2.29. The Morgan fingerprint density at radius 1 is 1.42 bits per heavy atom. The Labute approximate surface area is 109 Å². The first kappa shape index (κ1) is 12.8. The van der Waals surface area contributed by atoms with Gasteiger partial charge in [0.1, 0.15) is 6.61 Å². The Balaban J connectivity index is 2.10. The number of rotatable bonds is 3. The topological polar surface area (TPSA) is 88.3 Å². The highest BCUT2D eigenvalue weighted by Crippen LogP contribution is 2.07. The maximum absolute atomic E-state index is 12.0. The van der Waals surface area contributed by atoms with Crippen LogP contribution in [0.5, 0.6) is 0 Å². The molecule has 2 aromatic rings. The number of hydrogen-bond donors (Lipinski definition) is 2. The van der Waals surface area contributed by atoms with Gasteiger partial charge in [-0.25, -0.2) is 0 Å². The van der Waals surface area contributed by atoms with Gasteiger partial charge in [-0.15, -0.1) is 0 Å². The van der Waals surface area contributed by atoms with Crippen molar-refractivity contribution in [1.29, 1.82) is 0 Å². The molecule has 0 aliphatic carbocycles. The number of amides is 1. The van der Waals surface area contributed by atoms with Gasteiger partial charge in [-0.3, -0.25) is 4.79 Å². The molecule has 1 aromatic heterocycles. The molecule has 0 radical (unpaired) electrons. The molecule has 96 valence electrons. The summed E-state index contributed by atoms with van der Waals surface area (Å²) in [7, 11) is 0. The van der Waals surface area contributed by atoms with Gasteiger partial charge in [0.05, 0.1) is 12.1 Å². The fourth-order valence-electron chi connectivity index (χ4n) is 1.45. The molecule has 6 nitrogen and oxygen atoms in total. The zero-order valence-electron chi connectivity index (χ0n) is 9.96. The minimum absolute atomic E-state index is 0.178. The standard InChI is InChI=1S/C13H11N3O3/c17-7-3-5-10-4-1-2-6-11(10)13(18)14-8-12-15-9-19-16-12/h1-2,4,6,9,17H,7-8H2,(H,14,18). The van der Waals surface area contributed by atoms with E-state index < -0.39 is 0 Å². The second kappa shape index (κ2) is 6.33. The predicted molar refractivity (Wildman–Crippen MR) is 65.9 cm³/mol. The van der Waals surface area contributed by atoms with Gasteiger partial charge >= 0.3 is 0 Å². The van der Waals surface area contributed by atoms with E-state index in [0.717, 1.165) is 0 Å². The smallest absolute Gasteiger partial charge is 0.252 e. The largest absolute Gasteiger partial charge is 0.384 e. The van der Waals surface area contributed by atoms with Gasteiger partial charge in [-0.1, -0.05) is 29.1 Å². The lowest BCUT2D eigenvalue weighted by atomic mass is 10.1. The van der Waals surface area contributed by atoms with Crippen molar-refractivity contribution < 1.29 is 14.4 Å². The first-order valence-corrected chi connectivity index (χ1v) is 5.53. The van der Waals surface area contributed by atoms with Crippen molar-refractivity contribution in [3.05, 3.63) is 47.6 Å². The van der Waals surface area contributed by atoms with Crippen molar-refractivity contribution in [3.8, 4) is 11.8 Å². The quantitative estimate of drug-likeness (QED) is 0.774. The first-order chi connectivity index (χ1) is 9.31. The maximum atomic E-state index is 12.0. The van der Waals surface area contributed by atoms with Gasteiger partial charge in [0.2, 0.25) is 6.39 Å². The second-order valence-corrected chi connectivity index (χ2v) is 3.54. The van der Waals surface area contributed by atoms with E-state index in [1.54, 1.807) is 24.3 Å². The first-order valence-electron chi connectivity index (χ1n) is 5.53. The normalized spacial score (nSPS) is 9.53. The van der Waals surface area contributed by atoms with Crippen LogP contribution < -0.4 is 5.32 Å². The summed E-state index contributed by atoms with van der Waals surface area (Å²) in [6.45, 7) is -0.0735. The van der Waals surface area contributed by atoms with Crippen LogP contribution in [0.25, 0.3) is 0 Å². The van der Waals surface area contributed by atoms with E-state index in [0.29, 0.717) is 17.0 Å². The molecule has 2 rings (SSSR count). The zero-order chi connectivity index (χ0) is 13.5. The van der Waals surface area contributed by atoms with Crippen LogP contribution >= 0.6 is 0 Å². The van der Waals surface area contributed by atoms with Crippen LogP contribution in [0, 0.1) is 11.8 Å². The number of aliphatic hydroxyl groups is 1. The number of benzene rings is 1. The predicted octanol–water partition coefficient (Wildman–Crippen LogP) is 0.343. The summed E-state index contributed by atoms with van der Waals surface area (Å²) >= 11 is 0. The SMILES string of the molecule is O=C(NCc1ncon1)c1ccccc1C#CCO. The molecule has 0 atom stereocenters. The Bertz CT molecular complexity index is 612. The van der Waals surface area contributed by atoms with E-state index >= 15 is 0 Å². The summed E-state index contributed by atoms with van der Waals surface area (Å²) < 4.78 is 4.57. The lowest BCUT2D eigenvalue weighted by Crippen LogP contribution is -2.24. The number of nitrogens with one attached hydrogen (secondary N) is 1. The second-order valence-electron chi connectivity index (χ2n) is 3.54. The van der Waals surface area contributed by atoms with E-state index in [-0.39, 0.29) is 19.1 Å². The molecule has 1 amide bonds. The number of aliphatic hydroxyl groups excluding tert-OH is 1. The van der Waals surface area contributed by atoms with E-state index in [9.17, 15) is 4.79 Å². The average molecular weight is 257 g/mol. The average Bonchev–Trinajstić information content (AvgIpc) is 2.96. The van der Waals surface area contributed by atoms with Crippen molar-refractivity contribution in [3.63, 3.8) is 0 Å². The van der Waals surface area contributed by atoms with Crippen molar-refractivity contribution in [2.45, 2.75) is 6.54 Å². The summed E-state index contributed by atoms with van der Waals surface area (Å²) in [6.07, 6.45) is 1.20. The molecule has 19 heavy (non-hydrogen) atoms. The third kappa shape index (κ3) is 3.40. The molecular weight excluding hydrogens is 246 g/mol. The molecule has 0 spiro atoms. The fraction of sp³-hybridized carbons (Fsp3) is 0.154. The highest BCUT2D eigenvalue weighted by atomic mass is 16.5. The minimum atomic E-state index is -0.285. The number of aromatic nitrogens is 2. The summed E-state index contributed by atoms with van der Waals surface area (Å²) in [6, 6.07) is 6.89.